The summed E-state index contributed by atoms with van der Waals surface area (Å²) in [6, 6.07) is 12.4. The van der Waals surface area contributed by atoms with Crippen LogP contribution < -0.4 is 16.4 Å². The lowest BCUT2D eigenvalue weighted by Crippen LogP contribution is -2.56. The molecule has 1 heterocycles. The summed E-state index contributed by atoms with van der Waals surface area (Å²) in [6.45, 7) is 6.65. The van der Waals surface area contributed by atoms with Crippen molar-refractivity contribution < 1.29 is 18.8 Å². The van der Waals surface area contributed by atoms with Gasteiger partial charge in [-0.3, -0.25) is 14.5 Å². The fraction of sp³-hybridized carbons (Fsp3) is 0.464. The van der Waals surface area contributed by atoms with E-state index >= 15 is 0 Å². The predicted molar refractivity (Wildman–Crippen MR) is 140 cm³/mol. The molecule has 1 atom stereocenters. The van der Waals surface area contributed by atoms with Gasteiger partial charge in [0.2, 0.25) is 0 Å². The van der Waals surface area contributed by atoms with E-state index in [-0.39, 0.29) is 42.2 Å². The monoisotopic (exact) mass is 509 g/mol. The number of anilines is 1. The van der Waals surface area contributed by atoms with Crippen molar-refractivity contribution in [3.63, 3.8) is 0 Å². The number of hydrogen-bond acceptors (Lipinski definition) is 4. The Labute approximate surface area is 217 Å². The Morgan fingerprint density at radius 1 is 0.946 bits per heavy atom. The molecule has 2 aliphatic rings. The van der Waals surface area contributed by atoms with Gasteiger partial charge in [-0.2, -0.15) is 0 Å². The van der Waals surface area contributed by atoms with E-state index in [9.17, 15) is 18.8 Å². The van der Waals surface area contributed by atoms with Gasteiger partial charge in [0.1, 0.15) is 5.82 Å². The Morgan fingerprint density at radius 3 is 2.22 bits per heavy atom. The molecule has 0 aromatic heterocycles. The lowest BCUT2D eigenvalue weighted by molar-refractivity contribution is -0.128. The van der Waals surface area contributed by atoms with Crippen LogP contribution in [0.25, 0.3) is 0 Å². The van der Waals surface area contributed by atoms with E-state index < -0.39 is 23.9 Å². The Bertz CT molecular complexity index is 1140. The standard InChI is InChI=1S/C28H36FN5O3/c1-28(2,3)19-9-7-18(8-10-19)26(36)33-15-16-34(27(37)32-23-6-4-5-20(29)17-23)25(33)24(35)31-22-13-11-21(30)12-14-22/h4-10,17,21-22,25H,11-16,30H2,1-3H3,(H,31,35)(H,32,37). The SMILES string of the molecule is CC(C)(C)c1ccc(C(=O)N2CCN(C(=O)Nc3cccc(F)c3)C2C(=O)NC2CCC(N)CC2)cc1. The van der Waals surface area contributed by atoms with E-state index in [0.717, 1.165) is 31.2 Å². The molecule has 1 aliphatic heterocycles. The van der Waals surface area contributed by atoms with Crippen LogP contribution in [0.3, 0.4) is 0 Å². The van der Waals surface area contributed by atoms with Crippen LogP contribution in [-0.4, -0.2) is 59.0 Å². The van der Waals surface area contributed by atoms with E-state index in [0.29, 0.717) is 5.56 Å². The molecule has 4 amide bonds. The van der Waals surface area contributed by atoms with Crippen molar-refractivity contribution in [2.24, 2.45) is 5.73 Å². The maximum Gasteiger partial charge on any atom is 0.323 e. The third-order valence-corrected chi connectivity index (χ3v) is 7.12. The number of hydrogen-bond donors (Lipinski definition) is 3. The summed E-state index contributed by atoms with van der Waals surface area (Å²) in [5.41, 5.74) is 7.75. The minimum absolute atomic E-state index is 0.0635. The molecule has 2 fully saturated rings. The van der Waals surface area contributed by atoms with Gasteiger partial charge in [0.15, 0.2) is 6.17 Å². The van der Waals surface area contributed by atoms with Gasteiger partial charge >= 0.3 is 6.03 Å². The van der Waals surface area contributed by atoms with Crippen LogP contribution in [0.4, 0.5) is 14.9 Å². The highest BCUT2D eigenvalue weighted by Gasteiger charge is 2.43. The molecule has 1 unspecified atom stereocenters. The largest absolute Gasteiger partial charge is 0.350 e. The Balaban J connectivity index is 1.56. The average molecular weight is 510 g/mol. The molecule has 0 bridgehead atoms. The van der Waals surface area contributed by atoms with Crippen molar-refractivity contribution in [2.75, 3.05) is 18.4 Å². The zero-order valence-electron chi connectivity index (χ0n) is 21.7. The highest BCUT2D eigenvalue weighted by molar-refractivity contribution is 6.00. The molecule has 8 nitrogen and oxygen atoms in total. The number of nitrogens with two attached hydrogens (primary N) is 1. The minimum Gasteiger partial charge on any atom is -0.350 e. The summed E-state index contributed by atoms with van der Waals surface area (Å²) in [5.74, 6) is -1.22. The third-order valence-electron chi connectivity index (χ3n) is 7.12. The van der Waals surface area contributed by atoms with Gasteiger partial charge in [-0.05, 0) is 67.0 Å². The van der Waals surface area contributed by atoms with Crippen LogP contribution >= 0.6 is 0 Å². The maximum atomic E-state index is 13.7. The van der Waals surface area contributed by atoms with Gasteiger partial charge in [0, 0.05) is 36.4 Å². The van der Waals surface area contributed by atoms with Crippen LogP contribution in [0.15, 0.2) is 48.5 Å². The van der Waals surface area contributed by atoms with Crippen LogP contribution in [0.5, 0.6) is 0 Å². The second-order valence-corrected chi connectivity index (χ2v) is 11.0. The van der Waals surface area contributed by atoms with Gasteiger partial charge in [0.25, 0.3) is 11.8 Å². The molecule has 1 saturated carbocycles. The fourth-order valence-electron chi connectivity index (χ4n) is 4.92. The number of benzene rings is 2. The summed E-state index contributed by atoms with van der Waals surface area (Å²) in [5, 5.41) is 5.69. The molecule has 198 valence electrons. The number of carbonyl (C=O) groups excluding carboxylic acids is 3. The number of nitrogens with one attached hydrogen (secondary N) is 2. The van der Waals surface area contributed by atoms with Crippen LogP contribution in [-0.2, 0) is 10.2 Å². The first-order chi connectivity index (χ1) is 17.5. The van der Waals surface area contributed by atoms with Crippen molar-refractivity contribution in [3.05, 3.63) is 65.5 Å². The lowest BCUT2D eigenvalue weighted by atomic mass is 9.86. The highest BCUT2D eigenvalue weighted by atomic mass is 19.1. The maximum absolute atomic E-state index is 13.7. The summed E-state index contributed by atoms with van der Waals surface area (Å²) in [7, 11) is 0. The molecule has 1 aliphatic carbocycles. The zero-order valence-corrected chi connectivity index (χ0v) is 21.7. The van der Waals surface area contributed by atoms with Gasteiger partial charge < -0.3 is 21.3 Å². The van der Waals surface area contributed by atoms with E-state index in [1.807, 2.05) is 12.1 Å². The average Bonchev–Trinajstić information content (AvgIpc) is 3.30. The number of urea groups is 1. The molecule has 4 rings (SSSR count). The van der Waals surface area contributed by atoms with E-state index in [4.69, 9.17) is 5.73 Å². The van der Waals surface area contributed by atoms with Gasteiger partial charge in [-0.15, -0.1) is 0 Å². The number of rotatable bonds is 4. The topological polar surface area (TPSA) is 108 Å². The summed E-state index contributed by atoms with van der Waals surface area (Å²) in [6.07, 6.45) is 1.98. The lowest BCUT2D eigenvalue weighted by Gasteiger charge is -2.32. The normalized spacial score (nSPS) is 22.0. The first-order valence-electron chi connectivity index (χ1n) is 12.8. The summed E-state index contributed by atoms with van der Waals surface area (Å²) >= 11 is 0. The number of carbonyl (C=O) groups is 3. The quantitative estimate of drug-likeness (QED) is 0.582. The molecule has 0 radical (unpaired) electrons. The van der Waals surface area contributed by atoms with Crippen molar-refractivity contribution in [1.29, 1.82) is 0 Å². The molecule has 9 heteroatoms. The van der Waals surface area contributed by atoms with Crippen molar-refractivity contribution in [3.8, 4) is 0 Å². The Morgan fingerprint density at radius 2 is 1.59 bits per heavy atom. The molecule has 2 aromatic rings. The number of nitrogens with zero attached hydrogens (tertiary/aromatic N) is 2. The van der Waals surface area contributed by atoms with E-state index in [1.165, 1.54) is 28.0 Å². The number of amides is 4. The zero-order chi connectivity index (χ0) is 26.7. The predicted octanol–water partition coefficient (Wildman–Crippen LogP) is 3.83. The molecule has 4 N–H and O–H groups in total. The first kappa shape index (κ1) is 26.6. The first-order valence-corrected chi connectivity index (χ1v) is 12.8. The summed E-state index contributed by atoms with van der Waals surface area (Å²) in [4.78, 5) is 43.0. The molecule has 2 aromatic carbocycles. The molecule has 0 spiro atoms. The van der Waals surface area contributed by atoms with E-state index in [1.54, 1.807) is 18.2 Å². The smallest absolute Gasteiger partial charge is 0.323 e. The van der Waals surface area contributed by atoms with Crippen molar-refractivity contribution in [2.45, 2.75) is 70.1 Å². The fourth-order valence-corrected chi connectivity index (χ4v) is 4.92. The van der Waals surface area contributed by atoms with Gasteiger partial charge in [-0.25, -0.2) is 9.18 Å². The van der Waals surface area contributed by atoms with E-state index in [2.05, 4.69) is 31.4 Å². The molecule has 37 heavy (non-hydrogen) atoms. The molecular weight excluding hydrogens is 473 g/mol. The van der Waals surface area contributed by atoms with Crippen molar-refractivity contribution >= 4 is 23.5 Å². The van der Waals surface area contributed by atoms with Crippen LogP contribution in [0, 0.1) is 5.82 Å². The van der Waals surface area contributed by atoms with Crippen LogP contribution in [0.2, 0.25) is 0 Å². The van der Waals surface area contributed by atoms with Gasteiger partial charge in [-0.1, -0.05) is 39.0 Å². The second kappa shape index (κ2) is 10.9. The van der Waals surface area contributed by atoms with Crippen LogP contribution in [0.1, 0.15) is 62.4 Å². The highest BCUT2D eigenvalue weighted by Crippen LogP contribution is 2.25. The Kier molecular flexibility index (Phi) is 7.82. The minimum atomic E-state index is -1.13. The number of halogens is 1. The third kappa shape index (κ3) is 6.28. The Hall–Kier alpha value is -3.46. The van der Waals surface area contributed by atoms with Gasteiger partial charge in [0.05, 0.1) is 0 Å². The molecule has 1 saturated heterocycles. The second-order valence-electron chi connectivity index (χ2n) is 11.0. The summed E-state index contributed by atoms with van der Waals surface area (Å²) < 4.78 is 13.7. The molecular formula is C28H36FN5O3. The van der Waals surface area contributed by atoms with Crippen molar-refractivity contribution in [1.82, 2.24) is 15.1 Å².